The third-order valence-electron chi connectivity index (χ3n) is 2.87. The predicted molar refractivity (Wildman–Crippen MR) is 59.4 cm³/mol. The second-order valence-corrected chi connectivity index (χ2v) is 5.63. The zero-order chi connectivity index (χ0) is 10.8. The predicted octanol–water partition coefficient (Wildman–Crippen LogP) is 0.831. The van der Waals surface area contributed by atoms with Crippen LogP contribution in [0.5, 0.6) is 0 Å². The van der Waals surface area contributed by atoms with Crippen molar-refractivity contribution in [2.45, 2.75) is 44.8 Å². The molecule has 1 saturated heterocycles. The highest BCUT2D eigenvalue weighted by Gasteiger charge is 2.31. The van der Waals surface area contributed by atoms with Gasteiger partial charge in [0.05, 0.1) is 5.60 Å². The van der Waals surface area contributed by atoms with E-state index in [1.807, 2.05) is 0 Å². The molecular weight excluding hydrogens is 176 g/mol. The van der Waals surface area contributed by atoms with Gasteiger partial charge in [-0.1, -0.05) is 0 Å². The molecule has 0 aromatic rings. The van der Waals surface area contributed by atoms with Crippen LogP contribution in [0.4, 0.5) is 0 Å². The number of rotatable bonds is 2. The fraction of sp³-hybridized carbons (Fsp3) is 1.00. The highest BCUT2D eigenvalue weighted by molar-refractivity contribution is 4.88. The number of β-amino-alcohol motifs (C(OH)–C–C–N with tert-alkyl or cyclic N) is 1. The Morgan fingerprint density at radius 2 is 1.79 bits per heavy atom. The molecule has 0 atom stereocenters. The first-order chi connectivity index (χ1) is 6.31. The Kier molecular flexibility index (Phi) is 3.56. The lowest BCUT2D eigenvalue weighted by atomic mass is 9.90. The van der Waals surface area contributed by atoms with Crippen LogP contribution < -0.4 is 5.32 Å². The van der Waals surface area contributed by atoms with E-state index in [0.29, 0.717) is 6.54 Å². The minimum atomic E-state index is -0.486. The van der Waals surface area contributed by atoms with Crippen molar-refractivity contribution < 1.29 is 5.11 Å². The number of nitrogens with one attached hydrogen (secondary N) is 1. The molecule has 0 aromatic heterocycles. The fourth-order valence-corrected chi connectivity index (χ4v) is 1.64. The first-order valence-electron chi connectivity index (χ1n) is 5.47. The number of hydrogen-bond donors (Lipinski definition) is 2. The Balaban J connectivity index is 2.36. The van der Waals surface area contributed by atoms with E-state index in [1.165, 1.54) is 0 Å². The van der Waals surface area contributed by atoms with Gasteiger partial charge in [0.1, 0.15) is 0 Å². The lowest BCUT2D eigenvalue weighted by Crippen LogP contribution is -2.52. The summed E-state index contributed by atoms with van der Waals surface area (Å²) in [5.74, 6) is 0. The molecule has 0 aromatic carbocycles. The van der Waals surface area contributed by atoms with Crippen LogP contribution in [0.15, 0.2) is 0 Å². The van der Waals surface area contributed by atoms with Crippen molar-refractivity contribution in [1.29, 1.82) is 0 Å². The summed E-state index contributed by atoms with van der Waals surface area (Å²) in [5.41, 5.74) is -0.390. The average Bonchev–Trinajstić information content (AvgIpc) is 2.07. The summed E-state index contributed by atoms with van der Waals surface area (Å²) < 4.78 is 0. The number of nitrogens with zero attached hydrogens (tertiary/aromatic N) is 1. The minimum absolute atomic E-state index is 0.0963. The first-order valence-corrected chi connectivity index (χ1v) is 5.47. The van der Waals surface area contributed by atoms with Gasteiger partial charge in [0.2, 0.25) is 0 Å². The second-order valence-electron chi connectivity index (χ2n) is 5.63. The molecule has 0 radical (unpaired) electrons. The zero-order valence-electron chi connectivity index (χ0n) is 9.93. The van der Waals surface area contributed by atoms with Gasteiger partial charge in [-0.3, -0.25) is 0 Å². The molecule has 0 aliphatic carbocycles. The monoisotopic (exact) mass is 200 g/mol. The molecule has 14 heavy (non-hydrogen) atoms. The van der Waals surface area contributed by atoms with E-state index in [0.717, 1.165) is 25.9 Å². The SMILES string of the molecule is CN1CCC(O)(CNC(C)(C)C)CC1. The van der Waals surface area contributed by atoms with Gasteiger partial charge in [0.15, 0.2) is 0 Å². The molecule has 84 valence electrons. The summed E-state index contributed by atoms with van der Waals surface area (Å²) in [7, 11) is 2.11. The van der Waals surface area contributed by atoms with Crippen molar-refractivity contribution in [3.8, 4) is 0 Å². The Bertz CT molecular complexity index is 178. The Morgan fingerprint density at radius 1 is 1.29 bits per heavy atom. The van der Waals surface area contributed by atoms with Crippen molar-refractivity contribution >= 4 is 0 Å². The number of likely N-dealkylation sites (tertiary alicyclic amines) is 1. The molecule has 1 aliphatic heterocycles. The number of piperidine rings is 1. The molecule has 1 fully saturated rings. The summed E-state index contributed by atoms with van der Waals surface area (Å²) in [6.45, 7) is 9.11. The smallest absolute Gasteiger partial charge is 0.0796 e. The standard InChI is InChI=1S/C11H24N2O/c1-10(2,3)12-9-11(14)5-7-13(4)8-6-11/h12,14H,5-9H2,1-4H3. The van der Waals surface area contributed by atoms with Crippen LogP contribution in [0.1, 0.15) is 33.6 Å². The van der Waals surface area contributed by atoms with Crippen LogP contribution in [0.25, 0.3) is 0 Å². The van der Waals surface area contributed by atoms with Gasteiger partial charge in [0, 0.05) is 25.2 Å². The minimum Gasteiger partial charge on any atom is -0.388 e. The van der Waals surface area contributed by atoms with Gasteiger partial charge in [-0.15, -0.1) is 0 Å². The van der Waals surface area contributed by atoms with Crippen molar-refractivity contribution in [2.75, 3.05) is 26.7 Å². The highest BCUT2D eigenvalue weighted by Crippen LogP contribution is 2.21. The third-order valence-corrected chi connectivity index (χ3v) is 2.87. The van der Waals surface area contributed by atoms with E-state index in [1.54, 1.807) is 0 Å². The molecule has 1 aliphatic rings. The van der Waals surface area contributed by atoms with Crippen molar-refractivity contribution in [3.63, 3.8) is 0 Å². The van der Waals surface area contributed by atoms with Gasteiger partial charge in [-0.2, -0.15) is 0 Å². The van der Waals surface area contributed by atoms with Gasteiger partial charge in [-0.05, 0) is 40.7 Å². The summed E-state index contributed by atoms with van der Waals surface area (Å²) in [6.07, 6.45) is 1.76. The Hall–Kier alpha value is -0.120. The molecule has 0 bridgehead atoms. The molecule has 3 heteroatoms. The van der Waals surface area contributed by atoms with Gasteiger partial charge < -0.3 is 15.3 Å². The van der Waals surface area contributed by atoms with E-state index in [2.05, 4.69) is 38.0 Å². The fourth-order valence-electron chi connectivity index (χ4n) is 1.64. The topological polar surface area (TPSA) is 35.5 Å². The van der Waals surface area contributed by atoms with Crippen LogP contribution in [0.2, 0.25) is 0 Å². The van der Waals surface area contributed by atoms with E-state index in [4.69, 9.17) is 0 Å². The molecule has 1 heterocycles. The molecule has 0 amide bonds. The second kappa shape index (κ2) is 4.17. The number of aliphatic hydroxyl groups is 1. The summed E-state index contributed by atoms with van der Waals surface area (Å²) in [6, 6.07) is 0. The summed E-state index contributed by atoms with van der Waals surface area (Å²) >= 11 is 0. The average molecular weight is 200 g/mol. The van der Waals surface area contributed by atoms with Crippen molar-refractivity contribution in [3.05, 3.63) is 0 Å². The Morgan fingerprint density at radius 3 is 2.21 bits per heavy atom. The summed E-state index contributed by atoms with van der Waals surface area (Å²) in [4.78, 5) is 2.27. The molecule has 0 unspecified atom stereocenters. The molecule has 2 N–H and O–H groups in total. The molecule has 1 rings (SSSR count). The van der Waals surface area contributed by atoms with E-state index in [9.17, 15) is 5.11 Å². The first kappa shape index (κ1) is 12.0. The quantitative estimate of drug-likeness (QED) is 0.693. The molecule has 3 nitrogen and oxygen atoms in total. The molecule has 0 spiro atoms. The summed E-state index contributed by atoms with van der Waals surface area (Å²) in [5, 5.41) is 13.6. The van der Waals surface area contributed by atoms with Crippen molar-refractivity contribution in [2.24, 2.45) is 0 Å². The van der Waals surface area contributed by atoms with E-state index < -0.39 is 5.60 Å². The van der Waals surface area contributed by atoms with Crippen LogP contribution >= 0.6 is 0 Å². The molecule has 0 saturated carbocycles. The maximum absolute atomic E-state index is 10.3. The van der Waals surface area contributed by atoms with Crippen molar-refractivity contribution in [1.82, 2.24) is 10.2 Å². The van der Waals surface area contributed by atoms with E-state index >= 15 is 0 Å². The maximum Gasteiger partial charge on any atom is 0.0796 e. The lowest BCUT2D eigenvalue weighted by molar-refractivity contribution is -0.0183. The molecular formula is C11H24N2O. The van der Waals surface area contributed by atoms with Gasteiger partial charge in [0.25, 0.3) is 0 Å². The largest absolute Gasteiger partial charge is 0.388 e. The Labute approximate surface area is 87.5 Å². The normalized spacial score (nSPS) is 23.8. The maximum atomic E-state index is 10.3. The van der Waals surface area contributed by atoms with Gasteiger partial charge in [-0.25, -0.2) is 0 Å². The van der Waals surface area contributed by atoms with Crippen LogP contribution in [-0.4, -0.2) is 47.8 Å². The van der Waals surface area contributed by atoms with Crippen LogP contribution in [0.3, 0.4) is 0 Å². The number of hydrogen-bond acceptors (Lipinski definition) is 3. The van der Waals surface area contributed by atoms with E-state index in [-0.39, 0.29) is 5.54 Å². The van der Waals surface area contributed by atoms with Crippen LogP contribution in [0, 0.1) is 0 Å². The third kappa shape index (κ3) is 3.95. The van der Waals surface area contributed by atoms with Crippen LogP contribution in [-0.2, 0) is 0 Å². The lowest BCUT2D eigenvalue weighted by Gasteiger charge is -2.38. The van der Waals surface area contributed by atoms with Gasteiger partial charge >= 0.3 is 0 Å². The zero-order valence-corrected chi connectivity index (χ0v) is 9.93. The highest BCUT2D eigenvalue weighted by atomic mass is 16.3.